The second-order valence-corrected chi connectivity index (χ2v) is 4.71. The van der Waals surface area contributed by atoms with Gasteiger partial charge in [-0.05, 0) is 31.5 Å². The molecule has 6 nitrogen and oxygen atoms in total. The van der Waals surface area contributed by atoms with E-state index in [1.54, 1.807) is 12.4 Å². The topological polar surface area (TPSA) is 67.1 Å². The molecule has 0 aliphatic carbocycles. The highest BCUT2D eigenvalue weighted by Crippen LogP contribution is 2.04. The van der Waals surface area contributed by atoms with Crippen LogP contribution < -0.4 is 10.6 Å². The first-order chi connectivity index (χ1) is 10.7. The number of aliphatic imine (C=N–C) groups is 1. The lowest BCUT2D eigenvalue weighted by Crippen LogP contribution is -2.37. The molecule has 2 aromatic rings. The van der Waals surface area contributed by atoms with Crippen molar-refractivity contribution >= 4 is 29.9 Å². The third-order valence-corrected chi connectivity index (χ3v) is 3.10. The summed E-state index contributed by atoms with van der Waals surface area (Å²) >= 11 is 0. The van der Waals surface area contributed by atoms with Gasteiger partial charge in [-0.1, -0.05) is 12.1 Å². The van der Waals surface area contributed by atoms with E-state index in [-0.39, 0.29) is 29.8 Å². The molecule has 0 saturated carbocycles. The van der Waals surface area contributed by atoms with Gasteiger partial charge in [0.25, 0.3) is 0 Å². The van der Waals surface area contributed by atoms with Gasteiger partial charge in [0.2, 0.25) is 0 Å². The van der Waals surface area contributed by atoms with Crippen LogP contribution in [0.25, 0.3) is 0 Å². The first-order valence-electron chi connectivity index (χ1n) is 7.36. The highest BCUT2D eigenvalue weighted by atomic mass is 127. The molecule has 0 spiro atoms. The molecule has 0 saturated heterocycles. The van der Waals surface area contributed by atoms with Crippen LogP contribution in [-0.2, 0) is 19.6 Å². The Labute approximate surface area is 152 Å². The van der Waals surface area contributed by atoms with Crippen LogP contribution in [0, 0.1) is 5.82 Å². The largest absolute Gasteiger partial charge is 0.357 e. The van der Waals surface area contributed by atoms with Crippen LogP contribution in [-0.4, -0.2) is 27.3 Å². The summed E-state index contributed by atoms with van der Waals surface area (Å²) in [7, 11) is 0. The van der Waals surface area contributed by atoms with Crippen molar-refractivity contribution in [1.29, 1.82) is 0 Å². The van der Waals surface area contributed by atoms with Crippen molar-refractivity contribution < 1.29 is 4.39 Å². The SMILES string of the molecule is CCNC(=NCc1cccc(F)c1)NCc1nncn1CC.I. The Morgan fingerprint density at radius 1 is 1.30 bits per heavy atom. The Morgan fingerprint density at radius 2 is 2.13 bits per heavy atom. The number of nitrogens with zero attached hydrogens (tertiary/aromatic N) is 4. The summed E-state index contributed by atoms with van der Waals surface area (Å²) in [6.07, 6.45) is 1.70. The molecule has 2 rings (SSSR count). The van der Waals surface area contributed by atoms with E-state index in [4.69, 9.17) is 0 Å². The summed E-state index contributed by atoms with van der Waals surface area (Å²) in [6, 6.07) is 6.45. The molecule has 0 radical (unpaired) electrons. The molecule has 0 unspecified atom stereocenters. The van der Waals surface area contributed by atoms with Crippen LogP contribution in [0.2, 0.25) is 0 Å². The maximum absolute atomic E-state index is 13.2. The summed E-state index contributed by atoms with van der Waals surface area (Å²) in [4.78, 5) is 4.45. The van der Waals surface area contributed by atoms with E-state index in [9.17, 15) is 4.39 Å². The molecule has 0 bridgehead atoms. The normalized spacial score (nSPS) is 11.0. The number of nitrogens with one attached hydrogen (secondary N) is 2. The highest BCUT2D eigenvalue weighted by molar-refractivity contribution is 14.0. The first kappa shape index (κ1) is 19.3. The lowest BCUT2D eigenvalue weighted by molar-refractivity contribution is 0.625. The fraction of sp³-hybridized carbons (Fsp3) is 0.400. The minimum atomic E-state index is -0.248. The monoisotopic (exact) mass is 432 g/mol. The average molecular weight is 432 g/mol. The van der Waals surface area contributed by atoms with Gasteiger partial charge in [0.15, 0.2) is 11.8 Å². The van der Waals surface area contributed by atoms with E-state index in [1.165, 1.54) is 12.1 Å². The Bertz CT molecular complexity index is 628. The molecule has 0 atom stereocenters. The zero-order chi connectivity index (χ0) is 15.8. The number of hydrogen-bond acceptors (Lipinski definition) is 3. The Morgan fingerprint density at radius 3 is 2.83 bits per heavy atom. The van der Waals surface area contributed by atoms with Crippen molar-refractivity contribution in [1.82, 2.24) is 25.4 Å². The summed E-state index contributed by atoms with van der Waals surface area (Å²) < 4.78 is 15.1. The van der Waals surface area contributed by atoms with Gasteiger partial charge in [-0.25, -0.2) is 9.38 Å². The van der Waals surface area contributed by atoms with Crippen LogP contribution in [0.5, 0.6) is 0 Å². The molecule has 0 fully saturated rings. The Kier molecular flexibility index (Phi) is 8.52. The zero-order valence-corrected chi connectivity index (χ0v) is 15.6. The maximum atomic E-state index is 13.2. The van der Waals surface area contributed by atoms with Crippen molar-refractivity contribution in [2.24, 2.45) is 4.99 Å². The summed E-state index contributed by atoms with van der Waals surface area (Å²) in [5.41, 5.74) is 0.828. The zero-order valence-electron chi connectivity index (χ0n) is 13.3. The fourth-order valence-corrected chi connectivity index (χ4v) is 1.99. The van der Waals surface area contributed by atoms with Gasteiger partial charge < -0.3 is 15.2 Å². The molecule has 1 heterocycles. The highest BCUT2D eigenvalue weighted by Gasteiger charge is 2.04. The van der Waals surface area contributed by atoms with Crippen LogP contribution in [0.3, 0.4) is 0 Å². The van der Waals surface area contributed by atoms with E-state index in [1.807, 2.05) is 24.5 Å². The molecule has 126 valence electrons. The fourth-order valence-electron chi connectivity index (χ4n) is 1.99. The predicted octanol–water partition coefficient (Wildman–Crippen LogP) is 2.31. The number of rotatable bonds is 6. The second-order valence-electron chi connectivity index (χ2n) is 4.71. The van der Waals surface area contributed by atoms with Crippen molar-refractivity contribution in [3.63, 3.8) is 0 Å². The van der Waals surface area contributed by atoms with Gasteiger partial charge >= 0.3 is 0 Å². The van der Waals surface area contributed by atoms with Crippen molar-refractivity contribution in [3.8, 4) is 0 Å². The Balaban J connectivity index is 0.00000264. The standard InChI is InChI=1S/C15H21FN6.HI/c1-3-17-15(18-9-12-6-5-7-13(16)8-12)19-10-14-21-20-11-22(14)4-2;/h5-8,11H,3-4,9-10H2,1-2H3,(H2,17,18,19);1H. The minimum Gasteiger partial charge on any atom is -0.357 e. The number of aromatic nitrogens is 3. The first-order valence-corrected chi connectivity index (χ1v) is 7.36. The van der Waals surface area contributed by atoms with Crippen LogP contribution in [0.4, 0.5) is 4.39 Å². The summed E-state index contributed by atoms with van der Waals surface area (Å²) in [6.45, 7) is 6.54. The quantitative estimate of drug-likeness (QED) is 0.418. The van der Waals surface area contributed by atoms with Gasteiger partial charge in [-0.3, -0.25) is 0 Å². The molecule has 23 heavy (non-hydrogen) atoms. The molecule has 1 aromatic heterocycles. The van der Waals surface area contributed by atoms with E-state index in [0.717, 1.165) is 24.5 Å². The molecule has 8 heteroatoms. The molecule has 0 aliphatic heterocycles. The van der Waals surface area contributed by atoms with Crippen LogP contribution >= 0.6 is 24.0 Å². The number of halogens is 2. The number of benzene rings is 1. The number of guanidine groups is 1. The lowest BCUT2D eigenvalue weighted by Gasteiger charge is -2.11. The lowest BCUT2D eigenvalue weighted by atomic mass is 10.2. The van der Waals surface area contributed by atoms with E-state index in [2.05, 4.69) is 25.8 Å². The molecular weight excluding hydrogens is 410 g/mol. The second kappa shape index (κ2) is 10.1. The van der Waals surface area contributed by atoms with Crippen molar-refractivity contribution in [3.05, 3.63) is 47.8 Å². The van der Waals surface area contributed by atoms with Gasteiger partial charge in [-0.15, -0.1) is 34.2 Å². The molecule has 1 aromatic carbocycles. The Hall–Kier alpha value is -1.71. The van der Waals surface area contributed by atoms with Gasteiger partial charge in [0, 0.05) is 13.1 Å². The maximum Gasteiger partial charge on any atom is 0.191 e. The van der Waals surface area contributed by atoms with E-state index >= 15 is 0 Å². The van der Waals surface area contributed by atoms with Gasteiger partial charge in [0.05, 0.1) is 13.1 Å². The third kappa shape index (κ3) is 6.12. The van der Waals surface area contributed by atoms with Gasteiger partial charge in [0.1, 0.15) is 12.1 Å². The van der Waals surface area contributed by atoms with E-state index < -0.39 is 0 Å². The number of hydrogen-bond donors (Lipinski definition) is 2. The van der Waals surface area contributed by atoms with Crippen LogP contribution in [0.1, 0.15) is 25.2 Å². The van der Waals surface area contributed by atoms with E-state index in [0.29, 0.717) is 19.0 Å². The smallest absolute Gasteiger partial charge is 0.191 e. The molecule has 0 amide bonds. The van der Waals surface area contributed by atoms with Crippen molar-refractivity contribution in [2.45, 2.75) is 33.5 Å². The average Bonchev–Trinajstić information content (AvgIpc) is 2.97. The van der Waals surface area contributed by atoms with Crippen molar-refractivity contribution in [2.75, 3.05) is 6.54 Å². The van der Waals surface area contributed by atoms with Gasteiger partial charge in [-0.2, -0.15) is 0 Å². The van der Waals surface area contributed by atoms with Crippen LogP contribution in [0.15, 0.2) is 35.6 Å². The number of aryl methyl sites for hydroxylation is 1. The molecular formula is C15H22FIN6. The molecule has 2 N–H and O–H groups in total. The minimum absolute atomic E-state index is 0. The third-order valence-electron chi connectivity index (χ3n) is 3.10. The summed E-state index contributed by atoms with van der Waals surface area (Å²) in [5, 5.41) is 14.3. The predicted molar refractivity (Wildman–Crippen MR) is 99.2 cm³/mol. The summed E-state index contributed by atoms with van der Waals surface area (Å²) in [5.74, 6) is 1.26. The molecule has 0 aliphatic rings.